The van der Waals surface area contributed by atoms with Crippen molar-refractivity contribution >= 4 is 43.4 Å². The van der Waals surface area contributed by atoms with Crippen molar-refractivity contribution in [2.45, 2.75) is 0 Å². The van der Waals surface area contributed by atoms with Gasteiger partial charge in [-0.2, -0.15) is 0 Å². The molecule has 1 heterocycles. The van der Waals surface area contributed by atoms with E-state index in [0.717, 1.165) is 11.4 Å². The van der Waals surface area contributed by atoms with Gasteiger partial charge in [0.15, 0.2) is 0 Å². The number of ether oxygens (including phenoxy) is 1. The first-order chi connectivity index (χ1) is 20.3. The topological polar surface area (TPSA) is 14.2 Å². The highest BCUT2D eigenvalue weighted by atomic mass is 16.5. The van der Waals surface area contributed by atoms with E-state index < -0.39 is 0 Å². The molecule has 0 saturated heterocycles. The Morgan fingerprint density at radius 2 is 0.878 bits per heavy atom. The van der Waals surface area contributed by atoms with Crippen molar-refractivity contribution in [2.24, 2.45) is 0 Å². The first-order valence-corrected chi connectivity index (χ1v) is 14.0. The zero-order valence-electron chi connectivity index (χ0n) is 22.7. The Bertz CT molecular complexity index is 2130. The molecule has 8 rings (SSSR count). The summed E-state index contributed by atoms with van der Waals surface area (Å²) in [6.07, 6.45) is 0. The lowest BCUT2D eigenvalue weighted by Gasteiger charge is -2.18. The Labute approximate surface area is 238 Å². The molecule has 7 aromatic carbocycles. The maximum absolute atomic E-state index is 5.45. The van der Waals surface area contributed by atoms with Gasteiger partial charge in [0.25, 0.3) is 0 Å². The third kappa shape index (κ3) is 3.65. The maximum Gasteiger partial charge on any atom is 0.118 e. The smallest absolute Gasteiger partial charge is 0.118 e. The Hall–Kier alpha value is -5.34. The molecule has 0 bridgehead atoms. The van der Waals surface area contributed by atoms with Gasteiger partial charge < -0.3 is 9.30 Å². The van der Waals surface area contributed by atoms with Crippen molar-refractivity contribution in [3.63, 3.8) is 0 Å². The number of para-hydroxylation sites is 2. The maximum atomic E-state index is 5.45. The van der Waals surface area contributed by atoms with E-state index in [1.54, 1.807) is 7.11 Å². The molecule has 0 unspecified atom stereocenters. The molecule has 0 atom stereocenters. The number of hydrogen-bond acceptors (Lipinski definition) is 1. The number of rotatable bonds is 4. The third-order valence-electron chi connectivity index (χ3n) is 8.28. The Balaban J connectivity index is 1.42. The lowest BCUT2D eigenvalue weighted by atomic mass is 9.86. The largest absolute Gasteiger partial charge is 0.497 e. The van der Waals surface area contributed by atoms with Crippen LogP contribution in [0.1, 0.15) is 0 Å². The minimum absolute atomic E-state index is 0.862. The van der Waals surface area contributed by atoms with Gasteiger partial charge in [0.05, 0.1) is 18.1 Å². The molecule has 0 radical (unpaired) electrons. The molecule has 0 spiro atoms. The molecule has 0 amide bonds. The fraction of sp³-hybridized carbons (Fsp3) is 0.0256. The predicted molar refractivity (Wildman–Crippen MR) is 173 cm³/mol. The summed E-state index contributed by atoms with van der Waals surface area (Å²) in [4.78, 5) is 0. The summed E-state index contributed by atoms with van der Waals surface area (Å²) >= 11 is 0. The SMILES string of the molecule is COc1ccc(-c2c3ccccc3c(-c3cccc(-n4c5ccccc5c5ccccc54)c3)c3ccccc23)cc1. The first-order valence-electron chi connectivity index (χ1n) is 14.0. The molecular formula is C39H27NO. The summed E-state index contributed by atoms with van der Waals surface area (Å²) in [6.45, 7) is 0. The van der Waals surface area contributed by atoms with Gasteiger partial charge in [0.2, 0.25) is 0 Å². The third-order valence-corrected chi connectivity index (χ3v) is 8.28. The van der Waals surface area contributed by atoms with E-state index in [2.05, 4.69) is 138 Å². The van der Waals surface area contributed by atoms with Crippen molar-refractivity contribution < 1.29 is 4.74 Å². The zero-order valence-corrected chi connectivity index (χ0v) is 22.7. The number of methoxy groups -OCH3 is 1. The molecule has 0 fully saturated rings. The second kappa shape index (κ2) is 9.39. The molecule has 41 heavy (non-hydrogen) atoms. The quantitative estimate of drug-likeness (QED) is 0.208. The summed E-state index contributed by atoms with van der Waals surface area (Å²) in [7, 11) is 1.71. The minimum Gasteiger partial charge on any atom is -0.497 e. The van der Waals surface area contributed by atoms with Gasteiger partial charge in [0.1, 0.15) is 5.75 Å². The molecular weight excluding hydrogens is 498 g/mol. The molecule has 0 aliphatic carbocycles. The van der Waals surface area contributed by atoms with E-state index in [9.17, 15) is 0 Å². The van der Waals surface area contributed by atoms with Crippen LogP contribution in [0, 0.1) is 0 Å². The summed E-state index contributed by atoms with van der Waals surface area (Å²) in [5.74, 6) is 0.862. The molecule has 2 nitrogen and oxygen atoms in total. The molecule has 0 N–H and O–H groups in total. The van der Waals surface area contributed by atoms with E-state index >= 15 is 0 Å². The van der Waals surface area contributed by atoms with E-state index in [4.69, 9.17) is 4.74 Å². The highest BCUT2D eigenvalue weighted by molar-refractivity contribution is 6.21. The fourth-order valence-electron chi connectivity index (χ4n) is 6.51. The average molecular weight is 526 g/mol. The summed E-state index contributed by atoms with van der Waals surface area (Å²) < 4.78 is 7.84. The second-order valence-corrected chi connectivity index (χ2v) is 10.5. The lowest BCUT2D eigenvalue weighted by Crippen LogP contribution is -1.95. The summed E-state index contributed by atoms with van der Waals surface area (Å²) in [5.41, 5.74) is 8.50. The molecule has 194 valence electrons. The van der Waals surface area contributed by atoms with E-state index in [1.165, 1.54) is 65.6 Å². The van der Waals surface area contributed by atoms with Gasteiger partial charge in [-0.25, -0.2) is 0 Å². The standard InChI is InChI=1S/C39H27NO/c1-41-29-23-21-26(22-24-29)38-32-15-2-4-17-34(32)39(35-18-5-3-16-33(35)38)27-11-10-12-28(25-27)40-36-19-8-6-13-30(36)31-14-7-9-20-37(31)40/h2-25H,1H3. The highest BCUT2D eigenvalue weighted by Gasteiger charge is 2.18. The van der Waals surface area contributed by atoms with Crippen molar-refractivity contribution in [1.82, 2.24) is 4.57 Å². The lowest BCUT2D eigenvalue weighted by molar-refractivity contribution is 0.415. The number of benzene rings is 7. The molecule has 2 heteroatoms. The monoisotopic (exact) mass is 525 g/mol. The molecule has 8 aromatic rings. The van der Waals surface area contributed by atoms with Crippen molar-refractivity contribution in [2.75, 3.05) is 7.11 Å². The normalized spacial score (nSPS) is 11.5. The van der Waals surface area contributed by atoms with Gasteiger partial charge in [0, 0.05) is 16.5 Å². The first kappa shape index (κ1) is 23.5. The number of aromatic nitrogens is 1. The van der Waals surface area contributed by atoms with Gasteiger partial charge in [-0.15, -0.1) is 0 Å². The Kier molecular flexibility index (Phi) is 5.39. The van der Waals surface area contributed by atoms with Crippen LogP contribution in [0.3, 0.4) is 0 Å². The minimum atomic E-state index is 0.862. The summed E-state index contributed by atoms with van der Waals surface area (Å²) in [5, 5.41) is 7.52. The molecule has 0 aliphatic heterocycles. The van der Waals surface area contributed by atoms with E-state index in [0.29, 0.717) is 0 Å². The van der Waals surface area contributed by atoms with Crippen LogP contribution in [-0.2, 0) is 0 Å². The Morgan fingerprint density at radius 3 is 1.39 bits per heavy atom. The van der Waals surface area contributed by atoms with Crippen LogP contribution in [0.4, 0.5) is 0 Å². The van der Waals surface area contributed by atoms with Gasteiger partial charge in [-0.3, -0.25) is 0 Å². The van der Waals surface area contributed by atoms with Crippen LogP contribution in [0.25, 0.3) is 71.3 Å². The Morgan fingerprint density at radius 1 is 0.415 bits per heavy atom. The fourth-order valence-corrected chi connectivity index (χ4v) is 6.51. The average Bonchev–Trinajstić information content (AvgIpc) is 3.38. The van der Waals surface area contributed by atoms with Crippen LogP contribution >= 0.6 is 0 Å². The van der Waals surface area contributed by atoms with Crippen LogP contribution in [-0.4, -0.2) is 11.7 Å². The van der Waals surface area contributed by atoms with Crippen molar-refractivity contribution in [3.8, 4) is 33.7 Å². The van der Waals surface area contributed by atoms with Crippen LogP contribution in [0.2, 0.25) is 0 Å². The van der Waals surface area contributed by atoms with Crippen molar-refractivity contribution in [3.05, 3.63) is 146 Å². The predicted octanol–water partition coefficient (Wildman–Crippen LogP) is 10.4. The number of fused-ring (bicyclic) bond motifs is 5. The summed E-state index contributed by atoms with van der Waals surface area (Å²) in [6, 6.07) is 52.4. The van der Waals surface area contributed by atoms with E-state index in [1.807, 2.05) is 12.1 Å². The van der Waals surface area contributed by atoms with Crippen LogP contribution in [0.15, 0.2) is 146 Å². The number of hydrogen-bond donors (Lipinski definition) is 0. The van der Waals surface area contributed by atoms with Crippen LogP contribution in [0.5, 0.6) is 5.75 Å². The van der Waals surface area contributed by atoms with Gasteiger partial charge >= 0.3 is 0 Å². The van der Waals surface area contributed by atoms with Gasteiger partial charge in [-0.05, 0) is 80.2 Å². The van der Waals surface area contributed by atoms with Gasteiger partial charge in [-0.1, -0.05) is 109 Å². The van der Waals surface area contributed by atoms with E-state index in [-0.39, 0.29) is 0 Å². The van der Waals surface area contributed by atoms with Crippen molar-refractivity contribution in [1.29, 1.82) is 0 Å². The zero-order chi connectivity index (χ0) is 27.3. The molecule has 1 aromatic heterocycles. The molecule has 0 saturated carbocycles. The van der Waals surface area contributed by atoms with Crippen LogP contribution < -0.4 is 4.74 Å². The highest BCUT2D eigenvalue weighted by Crippen LogP contribution is 2.44. The second-order valence-electron chi connectivity index (χ2n) is 10.5. The number of nitrogens with zero attached hydrogens (tertiary/aromatic N) is 1. The molecule has 0 aliphatic rings.